The highest BCUT2D eigenvalue weighted by atomic mass is 16.6. The van der Waals surface area contributed by atoms with Crippen LogP contribution >= 0.6 is 0 Å². The van der Waals surface area contributed by atoms with E-state index in [-0.39, 0.29) is 0 Å². The summed E-state index contributed by atoms with van der Waals surface area (Å²) in [6.45, 7) is 0. The van der Waals surface area contributed by atoms with E-state index in [1.54, 1.807) is 6.08 Å². The molecule has 0 saturated carbocycles. The minimum atomic E-state index is -1.07. The largest absolute Gasteiger partial charge is 0.478 e. The van der Waals surface area contributed by atoms with E-state index in [4.69, 9.17) is 9.57 Å². The Morgan fingerprint density at radius 3 is 3.04 bits per heavy atom. The molecule has 0 radical (unpaired) electrons. The molecule has 0 saturated heterocycles. The lowest BCUT2D eigenvalue weighted by atomic mass is 9.91. The minimum Gasteiger partial charge on any atom is -0.478 e. The number of benzene rings is 1. The van der Waals surface area contributed by atoms with Crippen LogP contribution in [0.25, 0.3) is 0 Å². The van der Waals surface area contributed by atoms with Crippen LogP contribution in [-0.2, 0) is 22.5 Å². The lowest BCUT2D eigenvalue weighted by Gasteiger charge is -2.21. The van der Waals surface area contributed by atoms with Crippen molar-refractivity contribution in [1.82, 2.24) is 5.48 Å². The Morgan fingerprint density at radius 1 is 1.39 bits per heavy atom. The number of carbonyl (C=O) groups is 1. The van der Waals surface area contributed by atoms with Crippen molar-refractivity contribution in [2.24, 2.45) is 4.99 Å². The molecule has 23 heavy (non-hydrogen) atoms. The molecule has 120 valence electrons. The summed E-state index contributed by atoms with van der Waals surface area (Å²) < 4.78 is 5.74. The predicted octanol–water partition coefficient (Wildman–Crippen LogP) is 2.36. The number of aryl methyl sites for hydroxylation is 1. The molecule has 0 aromatic heterocycles. The van der Waals surface area contributed by atoms with Crippen molar-refractivity contribution in [2.45, 2.75) is 31.8 Å². The molecule has 1 atom stereocenters. The van der Waals surface area contributed by atoms with Crippen LogP contribution in [0.2, 0.25) is 0 Å². The van der Waals surface area contributed by atoms with Gasteiger partial charge in [0.1, 0.15) is 24.0 Å². The molecular weight excluding hydrogens is 296 g/mol. The van der Waals surface area contributed by atoms with Gasteiger partial charge in [0.2, 0.25) is 6.10 Å². The number of nitrogens with zero attached hydrogens (tertiary/aromatic N) is 1. The number of aliphatic carboxylic acids is 1. The molecule has 3 rings (SSSR count). The third-order valence-corrected chi connectivity index (χ3v) is 3.81. The number of hydroxylamine groups is 1. The van der Waals surface area contributed by atoms with Gasteiger partial charge in [0.05, 0.1) is 0 Å². The molecule has 1 aliphatic carbocycles. The van der Waals surface area contributed by atoms with Crippen LogP contribution in [0.4, 0.5) is 0 Å². The summed E-state index contributed by atoms with van der Waals surface area (Å²) >= 11 is 0. The van der Waals surface area contributed by atoms with Gasteiger partial charge >= 0.3 is 5.97 Å². The summed E-state index contributed by atoms with van der Waals surface area (Å²) in [6.07, 6.45) is 8.93. The zero-order valence-electron chi connectivity index (χ0n) is 12.6. The van der Waals surface area contributed by atoms with Crippen molar-refractivity contribution in [3.05, 3.63) is 53.4 Å². The first kappa shape index (κ1) is 15.1. The Balaban J connectivity index is 1.78. The molecule has 1 unspecified atom stereocenters. The summed E-state index contributed by atoms with van der Waals surface area (Å²) in [5, 5.41) is 9.39. The molecule has 1 aromatic carbocycles. The Morgan fingerprint density at radius 2 is 2.26 bits per heavy atom. The Bertz CT molecular complexity index is 679. The van der Waals surface area contributed by atoms with Gasteiger partial charge in [-0.05, 0) is 55.0 Å². The van der Waals surface area contributed by atoms with Crippen LogP contribution in [0, 0.1) is 0 Å². The summed E-state index contributed by atoms with van der Waals surface area (Å²) in [5.74, 6) is -0.396. The third kappa shape index (κ3) is 3.71. The molecule has 6 nitrogen and oxygen atoms in total. The standard InChI is InChI=1S/C17H18N2O4/c20-17(21)16(9-8-13-10-22-19-11-18-13)23-15-7-3-5-12-4-1-2-6-14(12)15/h3,5,7-11,16H,1-2,4,6H2,(H,18,19)(H,20,21). The van der Waals surface area contributed by atoms with Gasteiger partial charge in [-0.3, -0.25) is 0 Å². The maximum absolute atomic E-state index is 11.5. The van der Waals surface area contributed by atoms with E-state index in [2.05, 4.69) is 16.5 Å². The maximum atomic E-state index is 11.5. The van der Waals surface area contributed by atoms with Gasteiger partial charge in [-0.2, -0.15) is 0 Å². The SMILES string of the molecule is O=C(O)C(C=CC1=CONC=N1)Oc1cccc2c1CCCC2. The van der Waals surface area contributed by atoms with Crippen LogP contribution < -0.4 is 10.2 Å². The first-order valence-electron chi connectivity index (χ1n) is 7.56. The average molecular weight is 314 g/mol. The first-order chi connectivity index (χ1) is 11.2. The van der Waals surface area contributed by atoms with Crippen molar-refractivity contribution in [3.63, 3.8) is 0 Å². The molecule has 2 N–H and O–H groups in total. The molecule has 0 amide bonds. The van der Waals surface area contributed by atoms with Gasteiger partial charge in [0, 0.05) is 0 Å². The Hall–Kier alpha value is -2.76. The fraction of sp³-hybridized carbons (Fsp3) is 0.294. The number of aliphatic imine (C=N–C) groups is 1. The zero-order chi connectivity index (χ0) is 16.1. The first-order valence-corrected chi connectivity index (χ1v) is 7.56. The van der Waals surface area contributed by atoms with Crippen molar-refractivity contribution < 1.29 is 19.5 Å². The lowest BCUT2D eigenvalue weighted by molar-refractivity contribution is -0.142. The van der Waals surface area contributed by atoms with Crippen molar-refractivity contribution >= 4 is 12.3 Å². The third-order valence-electron chi connectivity index (χ3n) is 3.81. The fourth-order valence-electron chi connectivity index (χ4n) is 2.69. The number of allylic oxidation sites excluding steroid dienone is 1. The van der Waals surface area contributed by atoms with Gasteiger partial charge in [-0.15, -0.1) is 0 Å². The van der Waals surface area contributed by atoms with E-state index in [1.807, 2.05) is 12.1 Å². The van der Waals surface area contributed by atoms with E-state index in [9.17, 15) is 9.90 Å². The highest BCUT2D eigenvalue weighted by molar-refractivity contribution is 5.75. The number of hydrogen-bond donors (Lipinski definition) is 2. The van der Waals surface area contributed by atoms with Gasteiger partial charge in [-0.1, -0.05) is 12.1 Å². The van der Waals surface area contributed by atoms with Gasteiger partial charge in [0.15, 0.2) is 0 Å². The van der Waals surface area contributed by atoms with E-state index >= 15 is 0 Å². The lowest BCUT2D eigenvalue weighted by Crippen LogP contribution is -2.25. The molecule has 2 aliphatic rings. The van der Waals surface area contributed by atoms with E-state index in [1.165, 1.54) is 30.7 Å². The number of carboxylic acids is 1. The van der Waals surface area contributed by atoms with Crippen LogP contribution in [0.5, 0.6) is 5.75 Å². The number of carboxylic acid groups (broad SMARTS) is 1. The van der Waals surface area contributed by atoms with Crippen LogP contribution in [0.15, 0.2) is 47.3 Å². The molecule has 0 fully saturated rings. The predicted molar refractivity (Wildman–Crippen MR) is 85.1 cm³/mol. The smallest absolute Gasteiger partial charge is 0.349 e. The normalized spacial score (nSPS) is 17.7. The molecule has 0 spiro atoms. The summed E-state index contributed by atoms with van der Waals surface area (Å²) in [6, 6.07) is 5.83. The summed E-state index contributed by atoms with van der Waals surface area (Å²) in [7, 11) is 0. The monoisotopic (exact) mass is 314 g/mol. The van der Waals surface area contributed by atoms with Crippen LogP contribution in [-0.4, -0.2) is 23.5 Å². The number of ether oxygens (including phenoxy) is 1. The Kier molecular flexibility index (Phi) is 4.61. The number of rotatable bonds is 5. The van der Waals surface area contributed by atoms with Gasteiger partial charge in [-0.25, -0.2) is 15.3 Å². The highest BCUT2D eigenvalue weighted by Gasteiger charge is 2.20. The number of hydrogen-bond acceptors (Lipinski definition) is 5. The molecule has 1 aliphatic heterocycles. The number of fused-ring (bicyclic) bond motifs is 1. The molecule has 1 heterocycles. The topological polar surface area (TPSA) is 80.2 Å². The molecule has 0 bridgehead atoms. The van der Waals surface area contributed by atoms with Crippen LogP contribution in [0.3, 0.4) is 0 Å². The summed E-state index contributed by atoms with van der Waals surface area (Å²) in [4.78, 5) is 20.3. The maximum Gasteiger partial charge on any atom is 0.349 e. The second-order valence-electron chi connectivity index (χ2n) is 5.37. The quantitative estimate of drug-likeness (QED) is 0.872. The van der Waals surface area contributed by atoms with Crippen molar-refractivity contribution in [1.29, 1.82) is 0 Å². The number of nitrogens with one attached hydrogen (secondary N) is 1. The second kappa shape index (κ2) is 7.00. The second-order valence-corrected chi connectivity index (χ2v) is 5.37. The highest BCUT2D eigenvalue weighted by Crippen LogP contribution is 2.30. The fourth-order valence-corrected chi connectivity index (χ4v) is 2.69. The summed E-state index contributed by atoms with van der Waals surface area (Å²) in [5.41, 5.74) is 5.33. The van der Waals surface area contributed by atoms with Gasteiger partial charge in [0.25, 0.3) is 0 Å². The molecule has 6 heteroatoms. The van der Waals surface area contributed by atoms with Crippen LogP contribution in [0.1, 0.15) is 24.0 Å². The van der Waals surface area contributed by atoms with E-state index < -0.39 is 12.1 Å². The van der Waals surface area contributed by atoms with E-state index in [0.29, 0.717) is 11.4 Å². The van der Waals surface area contributed by atoms with E-state index in [0.717, 1.165) is 24.8 Å². The molecule has 1 aromatic rings. The van der Waals surface area contributed by atoms with Gasteiger partial charge < -0.3 is 14.7 Å². The average Bonchev–Trinajstić information content (AvgIpc) is 2.59. The molecular formula is C17H18N2O4. The zero-order valence-corrected chi connectivity index (χ0v) is 12.6. The minimum absolute atomic E-state index is 0.508. The van der Waals surface area contributed by atoms with Crippen molar-refractivity contribution in [2.75, 3.05) is 0 Å². The van der Waals surface area contributed by atoms with Crippen molar-refractivity contribution in [3.8, 4) is 5.75 Å². The Labute approximate surface area is 134 Å².